The first-order valence-corrected chi connectivity index (χ1v) is 14.9. The van der Waals surface area contributed by atoms with E-state index in [2.05, 4.69) is 15.0 Å². The van der Waals surface area contributed by atoms with Gasteiger partial charge in [0.25, 0.3) is 0 Å². The van der Waals surface area contributed by atoms with Crippen molar-refractivity contribution in [3.63, 3.8) is 0 Å². The van der Waals surface area contributed by atoms with Gasteiger partial charge in [0.2, 0.25) is 0 Å². The summed E-state index contributed by atoms with van der Waals surface area (Å²) in [5.74, 6) is -1.80. The molecule has 5 aromatic rings. The largest absolute Gasteiger partial charge is 0.454 e. The number of halogens is 3. The number of fused-ring (bicyclic) bond motifs is 1. The lowest BCUT2D eigenvalue weighted by atomic mass is 10.0. The van der Waals surface area contributed by atoms with Crippen LogP contribution < -0.4 is 4.74 Å². The summed E-state index contributed by atoms with van der Waals surface area (Å²) in [7, 11) is -3.34. The number of hydrogen-bond acceptors (Lipinski definition) is 5. The van der Waals surface area contributed by atoms with Gasteiger partial charge in [-0.15, -0.1) is 0 Å². The molecule has 0 bridgehead atoms. The van der Waals surface area contributed by atoms with Gasteiger partial charge in [0, 0.05) is 59.7 Å². The zero-order chi connectivity index (χ0) is 29.1. The van der Waals surface area contributed by atoms with Gasteiger partial charge >= 0.3 is 0 Å². The number of sulfone groups is 1. The van der Waals surface area contributed by atoms with Crippen molar-refractivity contribution in [1.82, 2.24) is 15.0 Å². The van der Waals surface area contributed by atoms with Crippen LogP contribution in [0.5, 0.6) is 11.5 Å². The minimum atomic E-state index is -3.34. The van der Waals surface area contributed by atoms with E-state index in [-0.39, 0.29) is 47.9 Å². The predicted octanol–water partition coefficient (Wildman–Crippen LogP) is 6.08. The highest BCUT2D eigenvalue weighted by molar-refractivity contribution is 7.90. The van der Waals surface area contributed by atoms with E-state index in [1.165, 1.54) is 24.4 Å². The van der Waals surface area contributed by atoms with E-state index in [1.54, 1.807) is 30.5 Å². The molecule has 0 unspecified atom stereocenters. The lowest BCUT2D eigenvalue weighted by Crippen LogP contribution is -2.08. The summed E-state index contributed by atoms with van der Waals surface area (Å²) in [6.07, 6.45) is 5.63. The third kappa shape index (κ3) is 6.35. The second-order valence-electron chi connectivity index (χ2n) is 9.76. The number of imidazole rings is 1. The van der Waals surface area contributed by atoms with Crippen molar-refractivity contribution in [1.29, 1.82) is 0 Å². The Kier molecular flexibility index (Phi) is 7.98. The number of aldehydes is 1. The van der Waals surface area contributed by atoms with Crippen LogP contribution in [-0.2, 0) is 33.9 Å². The van der Waals surface area contributed by atoms with Gasteiger partial charge in [-0.05, 0) is 48.2 Å². The SMILES string of the molecule is CS(=O)(=O)CCc1c(Oc2ccc(F)c(-c3ncc(Cc4cccc(CCC=O)c4F)[nH]3)c2)c(F)cc2[nH]ccc12. The second kappa shape index (κ2) is 11.6. The maximum Gasteiger partial charge on any atom is 0.168 e. The molecule has 0 aliphatic carbocycles. The highest BCUT2D eigenvalue weighted by Gasteiger charge is 2.20. The van der Waals surface area contributed by atoms with Crippen LogP contribution in [0.1, 0.15) is 28.8 Å². The highest BCUT2D eigenvalue weighted by atomic mass is 32.2. The molecule has 41 heavy (non-hydrogen) atoms. The third-order valence-corrected chi connectivity index (χ3v) is 7.65. The van der Waals surface area contributed by atoms with Gasteiger partial charge < -0.3 is 19.5 Å². The van der Waals surface area contributed by atoms with Crippen LogP contribution >= 0.6 is 0 Å². The predicted molar refractivity (Wildman–Crippen MR) is 149 cm³/mol. The van der Waals surface area contributed by atoms with Crippen molar-refractivity contribution < 1.29 is 31.1 Å². The van der Waals surface area contributed by atoms with Crippen molar-refractivity contribution in [2.75, 3.05) is 12.0 Å². The van der Waals surface area contributed by atoms with Gasteiger partial charge in [0.15, 0.2) is 11.6 Å². The summed E-state index contributed by atoms with van der Waals surface area (Å²) in [4.78, 5) is 20.9. The Hall–Kier alpha value is -4.38. The van der Waals surface area contributed by atoms with Crippen LogP contribution in [0.3, 0.4) is 0 Å². The lowest BCUT2D eigenvalue weighted by molar-refractivity contribution is -0.107. The molecule has 0 atom stereocenters. The van der Waals surface area contributed by atoms with Crippen LogP contribution in [0.4, 0.5) is 13.2 Å². The third-order valence-electron chi connectivity index (χ3n) is 6.70. The Bertz CT molecular complexity index is 1850. The zero-order valence-corrected chi connectivity index (χ0v) is 22.8. The fraction of sp³-hybridized carbons (Fsp3) is 0.200. The summed E-state index contributed by atoms with van der Waals surface area (Å²) in [6.45, 7) is 0. The number of rotatable bonds is 11. The topological polar surface area (TPSA) is 105 Å². The summed E-state index contributed by atoms with van der Waals surface area (Å²) in [6, 6.07) is 11.8. The van der Waals surface area contributed by atoms with Gasteiger partial charge in [-0.2, -0.15) is 0 Å². The molecule has 212 valence electrons. The fourth-order valence-electron chi connectivity index (χ4n) is 4.70. The zero-order valence-electron chi connectivity index (χ0n) is 22.0. The number of benzene rings is 3. The molecule has 0 aliphatic rings. The van der Waals surface area contributed by atoms with E-state index in [4.69, 9.17) is 4.74 Å². The first kappa shape index (κ1) is 28.2. The molecule has 5 rings (SSSR count). The summed E-state index contributed by atoms with van der Waals surface area (Å²) in [5.41, 5.74) is 2.28. The van der Waals surface area contributed by atoms with Crippen LogP contribution in [0.25, 0.3) is 22.3 Å². The van der Waals surface area contributed by atoms with E-state index in [9.17, 15) is 22.0 Å². The van der Waals surface area contributed by atoms with E-state index in [1.807, 2.05) is 0 Å². The molecule has 0 aliphatic heterocycles. The summed E-state index contributed by atoms with van der Waals surface area (Å²) >= 11 is 0. The maximum atomic E-state index is 15.2. The van der Waals surface area contributed by atoms with E-state index >= 15 is 4.39 Å². The van der Waals surface area contributed by atoms with Crippen LogP contribution in [0.2, 0.25) is 0 Å². The summed E-state index contributed by atoms with van der Waals surface area (Å²) < 4.78 is 74.5. The number of nitrogens with one attached hydrogen (secondary N) is 2. The first-order chi connectivity index (χ1) is 19.6. The lowest BCUT2D eigenvalue weighted by Gasteiger charge is -2.14. The Labute approximate surface area is 234 Å². The number of hydrogen-bond donors (Lipinski definition) is 2. The number of aryl methyl sites for hydroxylation is 2. The Balaban J connectivity index is 1.43. The van der Waals surface area contributed by atoms with Gasteiger partial charge in [0.05, 0.1) is 11.3 Å². The van der Waals surface area contributed by atoms with Crippen molar-refractivity contribution >= 4 is 27.0 Å². The van der Waals surface area contributed by atoms with E-state index < -0.39 is 27.3 Å². The van der Waals surface area contributed by atoms with Crippen LogP contribution in [-0.4, -0.2) is 41.7 Å². The first-order valence-electron chi connectivity index (χ1n) is 12.8. The normalized spacial score (nSPS) is 11.7. The average Bonchev–Trinajstić information content (AvgIpc) is 3.59. The van der Waals surface area contributed by atoms with Gasteiger partial charge in [0.1, 0.15) is 39.3 Å². The van der Waals surface area contributed by atoms with Crippen molar-refractivity contribution in [3.8, 4) is 22.9 Å². The molecule has 2 aromatic heterocycles. The highest BCUT2D eigenvalue weighted by Crippen LogP contribution is 2.36. The quantitative estimate of drug-likeness (QED) is 0.184. The number of aromatic nitrogens is 3. The molecular formula is C30H26F3N3O4S. The standard InChI is InChI=1S/C30H26F3N3O4S/c1-41(38,39)13-10-23-22-9-11-34-27(22)16-26(32)29(23)40-21-7-8-25(31)24(15-21)30-35-17-20(36-30)14-19-5-2-4-18(28(19)33)6-3-12-37/h2,4-5,7-9,11-12,15-17,34H,3,6,10,13-14H2,1H3,(H,35,36). The minimum absolute atomic E-state index is 0.0166. The number of aromatic amines is 2. The Morgan fingerprint density at radius 2 is 1.80 bits per heavy atom. The fourth-order valence-corrected chi connectivity index (χ4v) is 5.28. The Morgan fingerprint density at radius 3 is 2.59 bits per heavy atom. The van der Waals surface area contributed by atoms with Crippen molar-refractivity contribution in [2.45, 2.75) is 25.7 Å². The number of carbonyl (C=O) groups is 1. The minimum Gasteiger partial charge on any atom is -0.454 e. The van der Waals surface area contributed by atoms with Gasteiger partial charge in [-0.1, -0.05) is 18.2 Å². The van der Waals surface area contributed by atoms with Crippen molar-refractivity contribution in [3.05, 3.63) is 101 Å². The molecule has 0 spiro atoms. The molecule has 3 aromatic carbocycles. The van der Waals surface area contributed by atoms with Crippen LogP contribution in [0.15, 0.2) is 60.9 Å². The number of ether oxygens (including phenoxy) is 1. The van der Waals surface area contributed by atoms with Crippen LogP contribution in [0, 0.1) is 17.5 Å². The van der Waals surface area contributed by atoms with E-state index in [0.717, 1.165) is 18.6 Å². The molecule has 11 heteroatoms. The molecular weight excluding hydrogens is 555 g/mol. The number of nitrogens with zero attached hydrogens (tertiary/aromatic N) is 1. The second-order valence-corrected chi connectivity index (χ2v) is 12.0. The number of H-pyrrole nitrogens is 2. The molecule has 0 amide bonds. The monoisotopic (exact) mass is 581 g/mol. The summed E-state index contributed by atoms with van der Waals surface area (Å²) in [5, 5.41) is 0.616. The maximum absolute atomic E-state index is 15.2. The smallest absolute Gasteiger partial charge is 0.168 e. The average molecular weight is 582 g/mol. The molecule has 7 nitrogen and oxygen atoms in total. The molecule has 2 heterocycles. The molecule has 2 N–H and O–H groups in total. The Morgan fingerprint density at radius 1 is 1.00 bits per heavy atom. The van der Waals surface area contributed by atoms with Gasteiger partial charge in [-0.25, -0.2) is 26.6 Å². The molecule has 0 saturated carbocycles. The van der Waals surface area contributed by atoms with Gasteiger partial charge in [-0.3, -0.25) is 0 Å². The number of carbonyl (C=O) groups excluding carboxylic acids is 1. The molecule has 0 radical (unpaired) electrons. The molecule has 0 saturated heterocycles. The van der Waals surface area contributed by atoms with Crippen molar-refractivity contribution in [2.24, 2.45) is 0 Å². The molecule has 0 fully saturated rings. The van der Waals surface area contributed by atoms with E-state index in [0.29, 0.717) is 39.7 Å².